The molecule has 0 radical (unpaired) electrons. The van der Waals surface area contributed by atoms with Crippen molar-refractivity contribution < 1.29 is 26.5 Å². The van der Waals surface area contributed by atoms with E-state index < -0.39 is 27.6 Å². The zero-order valence-corrected chi connectivity index (χ0v) is 9.43. The van der Waals surface area contributed by atoms with Crippen LogP contribution in [-0.2, 0) is 14.9 Å². The Labute approximate surface area is 92.8 Å². The van der Waals surface area contributed by atoms with Gasteiger partial charge >= 0.3 is 5.25 Å². The van der Waals surface area contributed by atoms with Gasteiger partial charge in [-0.1, -0.05) is 32.1 Å². The third-order valence-electron chi connectivity index (χ3n) is 2.84. The Morgan fingerprint density at radius 2 is 1.75 bits per heavy atom. The highest BCUT2D eigenvalue weighted by Gasteiger charge is 2.46. The van der Waals surface area contributed by atoms with Crippen molar-refractivity contribution in [3.05, 3.63) is 0 Å². The van der Waals surface area contributed by atoms with Crippen LogP contribution in [0.1, 0.15) is 38.5 Å². The van der Waals surface area contributed by atoms with Gasteiger partial charge in [0.1, 0.15) is 0 Å². The van der Waals surface area contributed by atoms with Crippen molar-refractivity contribution >= 4 is 15.9 Å². The fraction of sp³-hybridized carbons (Fsp3) is 0.889. The number of hydrogen-bond donors (Lipinski definition) is 0. The molecule has 0 aromatic rings. The Hall–Kier alpha value is -0.560. The summed E-state index contributed by atoms with van der Waals surface area (Å²) in [6.07, 6.45) is 3.47. The molecule has 1 saturated carbocycles. The first-order chi connectivity index (χ1) is 7.25. The number of halogens is 2. The third kappa shape index (κ3) is 2.98. The van der Waals surface area contributed by atoms with Gasteiger partial charge in [0.05, 0.1) is 0 Å². The molecule has 0 heterocycles. The van der Waals surface area contributed by atoms with Crippen molar-refractivity contribution in [2.75, 3.05) is 0 Å². The molecule has 0 amide bonds. The van der Waals surface area contributed by atoms with Crippen LogP contribution in [0.2, 0.25) is 0 Å². The summed E-state index contributed by atoms with van der Waals surface area (Å²) in [7, 11) is -5.89. The highest BCUT2D eigenvalue weighted by atomic mass is 32.2. The standard InChI is InChI=1S/C9H14F2O4S/c10-9(11,16(13,14)15)8(12)6-7-4-2-1-3-5-7/h7H,1-6H2,(H,13,14,15)/p-1. The molecule has 1 aliphatic carbocycles. The second-order valence-electron chi connectivity index (χ2n) is 4.10. The maximum absolute atomic E-state index is 12.8. The van der Waals surface area contributed by atoms with Crippen LogP contribution in [0.25, 0.3) is 0 Å². The monoisotopic (exact) mass is 255 g/mol. The fourth-order valence-corrected chi connectivity index (χ4v) is 2.27. The minimum Gasteiger partial charge on any atom is -0.743 e. The molecule has 0 aromatic heterocycles. The van der Waals surface area contributed by atoms with Crippen molar-refractivity contribution in [1.29, 1.82) is 0 Å². The SMILES string of the molecule is O=C(CC1CCCCC1)C(F)(F)S(=O)(=O)[O-]. The topological polar surface area (TPSA) is 74.3 Å². The highest BCUT2D eigenvalue weighted by molar-refractivity contribution is 7.87. The predicted octanol–water partition coefficient (Wildman–Crippen LogP) is 1.66. The average molecular weight is 255 g/mol. The molecule has 7 heteroatoms. The smallest absolute Gasteiger partial charge is 0.391 e. The first-order valence-corrected chi connectivity index (χ1v) is 6.52. The quantitative estimate of drug-likeness (QED) is 0.716. The maximum atomic E-state index is 12.8. The molecule has 0 aromatic carbocycles. The molecule has 1 fully saturated rings. The van der Waals surface area contributed by atoms with Crippen LogP contribution < -0.4 is 0 Å². The van der Waals surface area contributed by atoms with Gasteiger partial charge in [-0.25, -0.2) is 8.42 Å². The van der Waals surface area contributed by atoms with Crippen molar-refractivity contribution in [3.8, 4) is 0 Å². The number of alkyl halides is 2. The Kier molecular flexibility index (Phi) is 4.01. The van der Waals surface area contributed by atoms with Crippen LogP contribution in [0.3, 0.4) is 0 Å². The Bertz CT molecular complexity index is 358. The number of rotatable bonds is 4. The average Bonchev–Trinajstić information content (AvgIpc) is 2.17. The van der Waals surface area contributed by atoms with Crippen molar-refractivity contribution in [3.63, 3.8) is 0 Å². The summed E-state index contributed by atoms with van der Waals surface area (Å²) in [5.41, 5.74) is 0. The number of Topliss-reactive ketones (excluding diaryl/α,β-unsaturated/α-hetero) is 1. The van der Waals surface area contributed by atoms with Gasteiger partial charge in [0, 0.05) is 6.42 Å². The summed E-state index contributed by atoms with van der Waals surface area (Å²) in [4.78, 5) is 11.1. The molecule has 0 spiro atoms. The van der Waals surface area contributed by atoms with Crippen LogP contribution in [0.4, 0.5) is 8.78 Å². The maximum Gasteiger partial charge on any atom is 0.391 e. The zero-order valence-electron chi connectivity index (χ0n) is 8.62. The van der Waals surface area contributed by atoms with Crippen LogP contribution in [-0.4, -0.2) is 24.0 Å². The molecule has 0 atom stereocenters. The van der Waals surface area contributed by atoms with E-state index in [0.717, 1.165) is 19.3 Å². The second kappa shape index (κ2) is 4.75. The Morgan fingerprint density at radius 1 is 1.25 bits per heavy atom. The lowest BCUT2D eigenvalue weighted by Gasteiger charge is -2.24. The van der Waals surface area contributed by atoms with E-state index in [2.05, 4.69) is 0 Å². The lowest BCUT2D eigenvalue weighted by molar-refractivity contribution is -0.135. The van der Waals surface area contributed by atoms with Crippen LogP contribution in [0, 0.1) is 5.92 Å². The summed E-state index contributed by atoms with van der Waals surface area (Å²) in [6.45, 7) is 0. The van der Waals surface area contributed by atoms with E-state index >= 15 is 0 Å². The van der Waals surface area contributed by atoms with Gasteiger partial charge in [0.2, 0.25) is 5.78 Å². The number of carbonyl (C=O) groups is 1. The summed E-state index contributed by atoms with van der Waals surface area (Å²) in [5.74, 6) is -1.98. The van der Waals surface area contributed by atoms with Crippen molar-refractivity contribution in [2.45, 2.75) is 43.8 Å². The van der Waals surface area contributed by atoms with Gasteiger partial charge in [0.25, 0.3) is 0 Å². The lowest BCUT2D eigenvalue weighted by Crippen LogP contribution is -2.38. The summed E-state index contributed by atoms with van der Waals surface area (Å²) >= 11 is 0. The van der Waals surface area contributed by atoms with Gasteiger partial charge in [0.15, 0.2) is 10.1 Å². The Morgan fingerprint density at radius 3 is 2.19 bits per heavy atom. The number of carbonyl (C=O) groups excluding carboxylic acids is 1. The van der Waals surface area contributed by atoms with Crippen LogP contribution in [0.15, 0.2) is 0 Å². The van der Waals surface area contributed by atoms with Crippen LogP contribution >= 0.6 is 0 Å². The van der Waals surface area contributed by atoms with E-state index in [-0.39, 0.29) is 5.92 Å². The lowest BCUT2D eigenvalue weighted by atomic mass is 9.86. The largest absolute Gasteiger partial charge is 0.743 e. The fourth-order valence-electron chi connectivity index (χ4n) is 1.91. The van der Waals surface area contributed by atoms with E-state index in [0.29, 0.717) is 12.8 Å². The first-order valence-electron chi connectivity index (χ1n) is 5.11. The molecule has 0 unspecified atom stereocenters. The zero-order chi connectivity index (χ0) is 12.4. The number of ketones is 1. The van der Waals surface area contributed by atoms with E-state index in [1.807, 2.05) is 0 Å². The molecule has 1 rings (SSSR count). The van der Waals surface area contributed by atoms with Gasteiger partial charge < -0.3 is 4.55 Å². The van der Waals surface area contributed by atoms with Crippen molar-refractivity contribution in [2.24, 2.45) is 5.92 Å². The molecule has 0 aliphatic heterocycles. The Balaban J connectivity index is 2.64. The molecule has 1 aliphatic rings. The van der Waals surface area contributed by atoms with E-state index in [4.69, 9.17) is 0 Å². The molecule has 0 N–H and O–H groups in total. The van der Waals surface area contributed by atoms with Gasteiger partial charge in [-0.05, 0) is 5.92 Å². The third-order valence-corrected chi connectivity index (χ3v) is 3.69. The molecule has 16 heavy (non-hydrogen) atoms. The summed E-state index contributed by atoms with van der Waals surface area (Å²) in [6, 6.07) is 0. The predicted molar refractivity (Wildman–Crippen MR) is 50.8 cm³/mol. The molecule has 4 nitrogen and oxygen atoms in total. The first kappa shape index (κ1) is 13.5. The van der Waals surface area contributed by atoms with Crippen LogP contribution in [0.5, 0.6) is 0 Å². The molecular weight excluding hydrogens is 242 g/mol. The minimum absolute atomic E-state index is 0.214. The van der Waals surface area contributed by atoms with E-state index in [1.54, 1.807) is 0 Å². The highest BCUT2D eigenvalue weighted by Crippen LogP contribution is 2.31. The van der Waals surface area contributed by atoms with Crippen molar-refractivity contribution in [1.82, 2.24) is 0 Å². The second-order valence-corrected chi connectivity index (χ2v) is 5.52. The summed E-state index contributed by atoms with van der Waals surface area (Å²) in [5, 5.41) is -4.77. The van der Waals surface area contributed by atoms with Gasteiger partial charge in [-0.15, -0.1) is 0 Å². The molecule has 0 saturated heterocycles. The van der Waals surface area contributed by atoms with E-state index in [1.165, 1.54) is 0 Å². The molecular formula is C9H13F2O4S-. The number of hydrogen-bond acceptors (Lipinski definition) is 4. The normalized spacial score (nSPS) is 19.7. The van der Waals surface area contributed by atoms with Gasteiger partial charge in [-0.2, -0.15) is 8.78 Å². The van der Waals surface area contributed by atoms with E-state index in [9.17, 15) is 26.5 Å². The molecule has 94 valence electrons. The molecule has 0 bridgehead atoms. The minimum atomic E-state index is -5.89. The van der Waals surface area contributed by atoms with Gasteiger partial charge in [-0.3, -0.25) is 4.79 Å². The summed E-state index contributed by atoms with van der Waals surface area (Å²) < 4.78 is 56.3.